The topological polar surface area (TPSA) is 54.5 Å². The number of nitrogens with zero attached hydrogens (tertiary/aromatic N) is 1. The van der Waals surface area contributed by atoms with Gasteiger partial charge in [-0.1, -0.05) is 19.1 Å². The van der Waals surface area contributed by atoms with Gasteiger partial charge in [-0.2, -0.15) is 0 Å². The van der Waals surface area contributed by atoms with Gasteiger partial charge >= 0.3 is 0 Å². The van der Waals surface area contributed by atoms with Gasteiger partial charge in [0.1, 0.15) is 0 Å². The van der Waals surface area contributed by atoms with E-state index in [-0.39, 0.29) is 21.9 Å². The van der Waals surface area contributed by atoms with Gasteiger partial charge in [0.15, 0.2) is 0 Å². The third-order valence-corrected chi connectivity index (χ3v) is 4.84. The second kappa shape index (κ2) is 5.51. The van der Waals surface area contributed by atoms with Crippen molar-refractivity contribution in [3.8, 4) is 0 Å². The fourth-order valence-corrected chi connectivity index (χ4v) is 2.61. The molecule has 0 spiro atoms. The maximum Gasteiger partial charge on any atom is 0.262 e. The lowest BCUT2D eigenvalue weighted by Gasteiger charge is -2.35. The van der Waals surface area contributed by atoms with Gasteiger partial charge in [-0.15, -0.1) is 0 Å². The van der Waals surface area contributed by atoms with Gasteiger partial charge in [0.05, 0.1) is 10.5 Å². The monoisotopic (exact) mass is 303 g/mol. The lowest BCUT2D eigenvalue weighted by Crippen LogP contribution is -2.44. The van der Waals surface area contributed by atoms with Crippen LogP contribution in [0.3, 0.4) is 0 Å². The normalized spacial score (nSPS) is 12.3. The number of amides is 1. The second-order valence-corrected chi connectivity index (χ2v) is 7.50. The van der Waals surface area contributed by atoms with Gasteiger partial charge in [-0.25, -0.2) is 8.42 Å². The van der Waals surface area contributed by atoms with E-state index in [0.717, 1.165) is 6.42 Å². The van der Waals surface area contributed by atoms with E-state index in [2.05, 4.69) is 0 Å². The summed E-state index contributed by atoms with van der Waals surface area (Å²) in [4.78, 5) is 13.8. The van der Waals surface area contributed by atoms with Crippen LogP contribution in [0.25, 0.3) is 0 Å². The minimum atomic E-state index is -3.94. The molecule has 0 radical (unpaired) electrons. The second-order valence-electron chi connectivity index (χ2n) is 4.96. The Kier molecular flexibility index (Phi) is 4.63. The van der Waals surface area contributed by atoms with Gasteiger partial charge in [-0.3, -0.25) is 4.79 Å². The Labute approximate surface area is 118 Å². The molecule has 1 rings (SSSR count). The molecule has 0 unspecified atom stereocenters. The van der Waals surface area contributed by atoms with Crippen LogP contribution in [0.4, 0.5) is 0 Å². The quantitative estimate of drug-likeness (QED) is 0.804. The van der Waals surface area contributed by atoms with Gasteiger partial charge in [0, 0.05) is 23.3 Å². The van der Waals surface area contributed by atoms with E-state index in [1.165, 1.54) is 23.1 Å². The first-order chi connectivity index (χ1) is 8.61. The SMILES string of the molecule is CCC(C)(C)N(C)C(=O)c1ccccc1S(=O)(=O)Cl. The summed E-state index contributed by atoms with van der Waals surface area (Å²) in [5, 5.41) is 0. The number of rotatable bonds is 4. The van der Waals surface area contributed by atoms with Crippen LogP contribution in [0, 0.1) is 0 Å². The van der Waals surface area contributed by atoms with Crippen LogP contribution in [0.1, 0.15) is 37.6 Å². The van der Waals surface area contributed by atoms with Crippen molar-refractivity contribution < 1.29 is 13.2 Å². The van der Waals surface area contributed by atoms with Crippen LogP contribution in [0.5, 0.6) is 0 Å². The summed E-state index contributed by atoms with van der Waals surface area (Å²) in [7, 11) is 3.08. The third-order valence-electron chi connectivity index (χ3n) is 3.46. The molecule has 1 aromatic carbocycles. The van der Waals surface area contributed by atoms with E-state index in [4.69, 9.17) is 10.7 Å². The number of benzene rings is 1. The lowest BCUT2D eigenvalue weighted by atomic mass is 9.99. The summed E-state index contributed by atoms with van der Waals surface area (Å²) in [5.41, 5.74) is -0.262. The van der Waals surface area contributed by atoms with Crippen molar-refractivity contribution in [2.45, 2.75) is 37.6 Å². The van der Waals surface area contributed by atoms with Crippen LogP contribution < -0.4 is 0 Å². The Bertz CT molecular complexity index is 581. The molecule has 0 N–H and O–H groups in total. The van der Waals surface area contributed by atoms with Crippen molar-refractivity contribution in [1.29, 1.82) is 0 Å². The summed E-state index contributed by atoms with van der Waals surface area (Å²) in [6.45, 7) is 5.80. The lowest BCUT2D eigenvalue weighted by molar-refractivity contribution is 0.0616. The number of carbonyl (C=O) groups is 1. The average Bonchev–Trinajstić information content (AvgIpc) is 2.36. The predicted molar refractivity (Wildman–Crippen MR) is 75.9 cm³/mol. The standard InChI is InChI=1S/C13H18ClNO3S/c1-5-13(2,3)15(4)12(16)10-8-6-7-9-11(10)19(14,17)18/h6-9H,5H2,1-4H3. The van der Waals surface area contributed by atoms with Crippen LogP contribution in [-0.4, -0.2) is 31.8 Å². The summed E-state index contributed by atoms with van der Waals surface area (Å²) >= 11 is 0. The zero-order valence-electron chi connectivity index (χ0n) is 11.5. The molecule has 0 heterocycles. The Hall–Kier alpha value is -1.07. The van der Waals surface area contributed by atoms with Gasteiger partial charge in [0.25, 0.3) is 15.0 Å². The summed E-state index contributed by atoms with van der Waals surface area (Å²) < 4.78 is 23.0. The molecule has 0 aromatic heterocycles. The van der Waals surface area contributed by atoms with Crippen molar-refractivity contribution in [2.75, 3.05) is 7.05 Å². The molecule has 0 saturated carbocycles. The van der Waals surface area contributed by atoms with Crippen molar-refractivity contribution in [2.24, 2.45) is 0 Å². The van der Waals surface area contributed by atoms with Gasteiger partial charge < -0.3 is 4.90 Å². The Morgan fingerprint density at radius 1 is 1.32 bits per heavy atom. The minimum absolute atomic E-state index is 0.0986. The molecule has 0 aliphatic carbocycles. The summed E-state index contributed by atoms with van der Waals surface area (Å²) in [6.07, 6.45) is 0.755. The highest BCUT2D eigenvalue weighted by atomic mass is 35.7. The maximum absolute atomic E-state index is 12.4. The zero-order chi connectivity index (χ0) is 14.8. The van der Waals surface area contributed by atoms with E-state index in [1.54, 1.807) is 13.1 Å². The predicted octanol–water partition coefficient (Wildman–Crippen LogP) is 2.87. The Morgan fingerprint density at radius 3 is 2.32 bits per heavy atom. The molecule has 1 amide bonds. The smallest absolute Gasteiger partial charge is 0.262 e. The Balaban J connectivity index is 3.29. The van der Waals surface area contributed by atoms with Crippen molar-refractivity contribution >= 4 is 25.6 Å². The van der Waals surface area contributed by atoms with Crippen molar-refractivity contribution in [3.63, 3.8) is 0 Å². The highest BCUT2D eigenvalue weighted by Crippen LogP contribution is 2.24. The third kappa shape index (κ3) is 3.48. The van der Waals surface area contributed by atoms with E-state index >= 15 is 0 Å². The Morgan fingerprint density at radius 2 is 1.84 bits per heavy atom. The molecule has 0 aliphatic heterocycles. The molecule has 1 aromatic rings. The minimum Gasteiger partial charge on any atom is -0.337 e. The first-order valence-corrected chi connectivity index (χ1v) is 8.24. The van der Waals surface area contributed by atoms with E-state index in [9.17, 15) is 13.2 Å². The van der Waals surface area contributed by atoms with Gasteiger partial charge in [0.2, 0.25) is 0 Å². The van der Waals surface area contributed by atoms with Crippen LogP contribution >= 0.6 is 10.7 Å². The van der Waals surface area contributed by atoms with E-state index < -0.39 is 9.05 Å². The highest BCUT2D eigenvalue weighted by molar-refractivity contribution is 8.13. The fraction of sp³-hybridized carbons (Fsp3) is 0.462. The van der Waals surface area contributed by atoms with Crippen molar-refractivity contribution in [1.82, 2.24) is 4.90 Å². The molecule has 0 atom stereocenters. The molecule has 0 saturated heterocycles. The first kappa shape index (κ1) is 16.0. The zero-order valence-corrected chi connectivity index (χ0v) is 13.0. The average molecular weight is 304 g/mol. The highest BCUT2D eigenvalue weighted by Gasteiger charge is 2.29. The van der Waals surface area contributed by atoms with Crippen LogP contribution in [-0.2, 0) is 9.05 Å². The van der Waals surface area contributed by atoms with E-state index in [0.29, 0.717) is 0 Å². The number of hydrogen-bond acceptors (Lipinski definition) is 3. The van der Waals surface area contributed by atoms with Crippen LogP contribution in [0.15, 0.2) is 29.2 Å². The molecular weight excluding hydrogens is 286 g/mol. The van der Waals surface area contributed by atoms with Crippen molar-refractivity contribution in [3.05, 3.63) is 29.8 Å². The molecule has 6 heteroatoms. The molecule has 19 heavy (non-hydrogen) atoms. The number of halogens is 1. The summed E-state index contributed by atoms with van der Waals surface area (Å²) in [6, 6.07) is 5.96. The van der Waals surface area contributed by atoms with E-state index in [1.807, 2.05) is 20.8 Å². The largest absolute Gasteiger partial charge is 0.337 e. The molecule has 0 bridgehead atoms. The van der Waals surface area contributed by atoms with Gasteiger partial charge in [-0.05, 0) is 32.4 Å². The molecule has 0 fully saturated rings. The summed E-state index contributed by atoms with van der Waals surface area (Å²) in [5.74, 6) is -0.355. The molecular formula is C13H18ClNO3S. The molecule has 106 valence electrons. The maximum atomic E-state index is 12.4. The fourth-order valence-electron chi connectivity index (χ4n) is 1.55. The first-order valence-electron chi connectivity index (χ1n) is 5.93. The number of carbonyl (C=O) groups excluding carboxylic acids is 1. The molecule has 4 nitrogen and oxygen atoms in total. The van der Waals surface area contributed by atoms with Crippen LogP contribution in [0.2, 0.25) is 0 Å². The molecule has 0 aliphatic rings. The number of hydrogen-bond donors (Lipinski definition) is 0.